The maximum atomic E-state index is 12.6. The molecule has 0 saturated heterocycles. The molecule has 0 saturated carbocycles. The van der Waals surface area contributed by atoms with Gasteiger partial charge in [-0.2, -0.15) is 10.1 Å². The summed E-state index contributed by atoms with van der Waals surface area (Å²) in [7, 11) is 1.61. The smallest absolute Gasteiger partial charge is 0.220 e. The first-order valence-corrected chi connectivity index (χ1v) is 12.3. The van der Waals surface area contributed by atoms with E-state index in [1.54, 1.807) is 7.11 Å². The summed E-state index contributed by atoms with van der Waals surface area (Å²) in [6.45, 7) is 10.6. The van der Waals surface area contributed by atoms with E-state index < -0.39 is 0 Å². The molecule has 0 unspecified atom stereocenters. The van der Waals surface area contributed by atoms with E-state index in [4.69, 9.17) is 19.6 Å². The molecule has 0 bridgehead atoms. The van der Waals surface area contributed by atoms with Gasteiger partial charge in [0.1, 0.15) is 5.75 Å². The molecule has 0 aliphatic carbocycles. The third kappa shape index (κ3) is 5.51. The van der Waals surface area contributed by atoms with Crippen LogP contribution in [0.2, 0.25) is 0 Å². The van der Waals surface area contributed by atoms with E-state index in [1.807, 2.05) is 61.9 Å². The molecule has 2 heterocycles. The highest BCUT2D eigenvalue weighted by Gasteiger charge is 2.20. The SMILES string of the molecule is COc1nc2c(c(C)nn2-c2ccc(C)cc2)c(C)c1CCC(=O)NCc1ccc(OC(C)C)cc1. The van der Waals surface area contributed by atoms with E-state index >= 15 is 0 Å². The van der Waals surface area contributed by atoms with Crippen molar-refractivity contribution < 1.29 is 14.3 Å². The van der Waals surface area contributed by atoms with Crippen LogP contribution in [0.25, 0.3) is 16.7 Å². The zero-order valence-electron chi connectivity index (χ0n) is 21.9. The summed E-state index contributed by atoms with van der Waals surface area (Å²) in [6, 6.07) is 16.0. The number of benzene rings is 2. The molecule has 1 amide bonds. The summed E-state index contributed by atoms with van der Waals surface area (Å²) in [5.41, 5.74) is 6.78. The number of pyridine rings is 1. The number of carbonyl (C=O) groups is 1. The molecule has 7 nitrogen and oxygen atoms in total. The van der Waals surface area contributed by atoms with Gasteiger partial charge in [0.2, 0.25) is 11.8 Å². The normalized spacial score (nSPS) is 11.2. The summed E-state index contributed by atoms with van der Waals surface area (Å²) in [5.74, 6) is 1.33. The standard InChI is InChI=1S/C29H34N4O3/c1-18(2)36-24-13-9-22(10-14-24)17-30-26(34)16-15-25-20(4)27-21(5)32-33(28(27)31-29(25)35-6)23-11-7-19(3)8-12-23/h7-14,18H,15-17H2,1-6H3,(H,30,34). The minimum Gasteiger partial charge on any atom is -0.491 e. The lowest BCUT2D eigenvalue weighted by atomic mass is 10.0. The Balaban J connectivity index is 1.48. The van der Waals surface area contributed by atoms with Crippen molar-refractivity contribution in [2.24, 2.45) is 0 Å². The summed E-state index contributed by atoms with van der Waals surface area (Å²) < 4.78 is 13.2. The third-order valence-electron chi connectivity index (χ3n) is 6.19. The Hall–Kier alpha value is -3.87. The third-order valence-corrected chi connectivity index (χ3v) is 6.19. The Morgan fingerprint density at radius 2 is 1.72 bits per heavy atom. The quantitative estimate of drug-likeness (QED) is 0.343. The van der Waals surface area contributed by atoms with E-state index in [0.29, 0.717) is 25.3 Å². The van der Waals surface area contributed by atoms with Gasteiger partial charge in [-0.05, 0) is 76.4 Å². The second-order valence-corrected chi connectivity index (χ2v) is 9.34. The number of aromatic nitrogens is 3. The lowest BCUT2D eigenvalue weighted by molar-refractivity contribution is -0.121. The molecule has 36 heavy (non-hydrogen) atoms. The lowest BCUT2D eigenvalue weighted by Gasteiger charge is -2.13. The molecule has 2 aromatic heterocycles. The summed E-state index contributed by atoms with van der Waals surface area (Å²) >= 11 is 0. The van der Waals surface area contributed by atoms with Crippen LogP contribution in [0.4, 0.5) is 0 Å². The predicted molar refractivity (Wildman–Crippen MR) is 142 cm³/mol. The highest BCUT2D eigenvalue weighted by molar-refractivity contribution is 5.86. The van der Waals surface area contributed by atoms with Crippen LogP contribution < -0.4 is 14.8 Å². The van der Waals surface area contributed by atoms with Gasteiger partial charge in [0, 0.05) is 23.9 Å². The number of hydrogen-bond donors (Lipinski definition) is 1. The molecule has 0 aliphatic rings. The van der Waals surface area contributed by atoms with Gasteiger partial charge >= 0.3 is 0 Å². The lowest BCUT2D eigenvalue weighted by Crippen LogP contribution is -2.23. The maximum Gasteiger partial charge on any atom is 0.220 e. The van der Waals surface area contributed by atoms with Gasteiger partial charge in [-0.1, -0.05) is 29.8 Å². The Morgan fingerprint density at radius 3 is 2.36 bits per heavy atom. The topological polar surface area (TPSA) is 78.3 Å². The number of amides is 1. The number of nitrogens with one attached hydrogen (secondary N) is 1. The minimum atomic E-state index is -0.0221. The van der Waals surface area contributed by atoms with Crippen molar-refractivity contribution in [3.05, 3.63) is 76.5 Å². The zero-order valence-corrected chi connectivity index (χ0v) is 21.9. The predicted octanol–water partition coefficient (Wildman–Crippen LogP) is 5.39. The zero-order chi connectivity index (χ0) is 25.8. The van der Waals surface area contributed by atoms with Crippen LogP contribution in [-0.2, 0) is 17.8 Å². The second kappa shape index (κ2) is 10.8. The van der Waals surface area contributed by atoms with Crippen LogP contribution >= 0.6 is 0 Å². The van der Waals surface area contributed by atoms with Crippen LogP contribution in [-0.4, -0.2) is 33.9 Å². The average Bonchev–Trinajstić information content (AvgIpc) is 3.19. The number of carbonyl (C=O) groups excluding carboxylic acids is 1. The van der Waals surface area contributed by atoms with Gasteiger partial charge in [-0.25, -0.2) is 4.68 Å². The number of hydrogen-bond acceptors (Lipinski definition) is 5. The van der Waals surface area contributed by atoms with E-state index in [1.165, 1.54) is 5.56 Å². The van der Waals surface area contributed by atoms with Crippen molar-refractivity contribution in [2.45, 2.75) is 60.1 Å². The van der Waals surface area contributed by atoms with Gasteiger partial charge in [0.15, 0.2) is 5.65 Å². The fraction of sp³-hybridized carbons (Fsp3) is 0.345. The van der Waals surface area contributed by atoms with Crippen LogP contribution in [0.3, 0.4) is 0 Å². The summed E-state index contributed by atoms with van der Waals surface area (Å²) in [6.07, 6.45) is 0.995. The second-order valence-electron chi connectivity index (χ2n) is 9.34. The highest BCUT2D eigenvalue weighted by Crippen LogP contribution is 2.32. The summed E-state index contributed by atoms with van der Waals surface area (Å²) in [4.78, 5) is 17.5. The van der Waals surface area contributed by atoms with E-state index in [0.717, 1.165) is 44.9 Å². The molecule has 1 N–H and O–H groups in total. The van der Waals surface area contributed by atoms with Gasteiger partial charge in [-0.15, -0.1) is 0 Å². The number of ether oxygens (including phenoxy) is 2. The Labute approximate surface area is 212 Å². The number of methoxy groups -OCH3 is 1. The van der Waals surface area contributed by atoms with Crippen molar-refractivity contribution in [2.75, 3.05) is 7.11 Å². The van der Waals surface area contributed by atoms with Crippen LogP contribution in [0.1, 0.15) is 48.2 Å². The highest BCUT2D eigenvalue weighted by atomic mass is 16.5. The molecule has 0 atom stereocenters. The Morgan fingerprint density at radius 1 is 1.03 bits per heavy atom. The molecule has 2 aromatic carbocycles. The monoisotopic (exact) mass is 486 g/mol. The molecule has 0 fully saturated rings. The molecule has 0 spiro atoms. The van der Waals surface area contributed by atoms with Crippen LogP contribution in [0.15, 0.2) is 48.5 Å². The maximum absolute atomic E-state index is 12.6. The van der Waals surface area contributed by atoms with E-state index in [-0.39, 0.29) is 12.0 Å². The molecular formula is C29H34N4O3. The van der Waals surface area contributed by atoms with Crippen molar-refractivity contribution >= 4 is 16.9 Å². The number of nitrogens with zero attached hydrogens (tertiary/aromatic N) is 3. The fourth-order valence-corrected chi connectivity index (χ4v) is 4.35. The van der Waals surface area contributed by atoms with E-state index in [2.05, 4.69) is 31.3 Å². The summed E-state index contributed by atoms with van der Waals surface area (Å²) in [5, 5.41) is 8.76. The molecular weight excluding hydrogens is 452 g/mol. The first kappa shape index (κ1) is 25.2. The number of rotatable bonds is 9. The van der Waals surface area contributed by atoms with Gasteiger partial charge in [0.05, 0.1) is 24.6 Å². The Kier molecular flexibility index (Phi) is 7.58. The minimum absolute atomic E-state index is 0.0221. The van der Waals surface area contributed by atoms with Crippen molar-refractivity contribution in [1.82, 2.24) is 20.1 Å². The number of fused-ring (bicyclic) bond motifs is 1. The molecule has 0 aliphatic heterocycles. The van der Waals surface area contributed by atoms with E-state index in [9.17, 15) is 4.79 Å². The average molecular weight is 487 g/mol. The molecule has 7 heteroatoms. The van der Waals surface area contributed by atoms with Gasteiger partial charge < -0.3 is 14.8 Å². The van der Waals surface area contributed by atoms with Gasteiger partial charge in [0.25, 0.3) is 0 Å². The molecule has 188 valence electrons. The largest absolute Gasteiger partial charge is 0.491 e. The molecule has 4 rings (SSSR count). The van der Waals surface area contributed by atoms with Crippen LogP contribution in [0.5, 0.6) is 11.6 Å². The van der Waals surface area contributed by atoms with Crippen molar-refractivity contribution in [3.8, 4) is 17.3 Å². The first-order chi connectivity index (χ1) is 17.3. The Bertz CT molecular complexity index is 1360. The van der Waals surface area contributed by atoms with Crippen molar-refractivity contribution in [3.63, 3.8) is 0 Å². The molecule has 0 radical (unpaired) electrons. The fourth-order valence-electron chi connectivity index (χ4n) is 4.35. The molecule has 4 aromatic rings. The van der Waals surface area contributed by atoms with Crippen molar-refractivity contribution in [1.29, 1.82) is 0 Å². The first-order valence-electron chi connectivity index (χ1n) is 12.3. The van der Waals surface area contributed by atoms with Crippen LogP contribution in [0, 0.1) is 20.8 Å². The number of aryl methyl sites for hydroxylation is 3. The van der Waals surface area contributed by atoms with Gasteiger partial charge in [-0.3, -0.25) is 4.79 Å².